The van der Waals surface area contributed by atoms with Crippen LogP contribution in [-0.4, -0.2) is 162 Å². The molecule has 1 aliphatic rings. The monoisotopic (exact) mass is 1130 g/mol. The molecule has 4 rings (SSSR count). The molecule has 0 aliphatic carbocycles. The predicted molar refractivity (Wildman–Crippen MR) is 289 cm³/mol. The highest BCUT2D eigenvalue weighted by atomic mass is 16.6. The normalized spacial score (nSPS) is 15.9. The van der Waals surface area contributed by atoms with E-state index in [1.807, 2.05) is 0 Å². The van der Waals surface area contributed by atoms with E-state index in [2.05, 4.69) is 52.2 Å². The molecule has 0 bridgehead atoms. The second-order valence-corrected chi connectivity index (χ2v) is 19.9. The van der Waals surface area contributed by atoms with Crippen molar-refractivity contribution in [1.82, 2.24) is 52.1 Å². The average Bonchev–Trinajstić information content (AvgIpc) is 4.15. The number of nitrogens with zero attached hydrogens (tertiary/aromatic N) is 4. The Morgan fingerprint density at radius 1 is 0.778 bits per heavy atom. The van der Waals surface area contributed by atoms with Gasteiger partial charge in [-0.2, -0.15) is 0 Å². The number of hydrogen-bond donors (Lipinski definition) is 13. The molecular formula is C52H72N14O15. The number of aromatic amines is 1. The number of aromatic hydroxyl groups is 1. The van der Waals surface area contributed by atoms with Gasteiger partial charge in [0.15, 0.2) is 11.7 Å². The smallest absolute Gasteiger partial charge is 0.326 e. The first-order valence-corrected chi connectivity index (χ1v) is 26.2. The number of H-pyrrole nitrogens is 1. The first-order valence-electron chi connectivity index (χ1n) is 26.2. The molecule has 9 atom stereocenters. The van der Waals surface area contributed by atoms with E-state index in [4.69, 9.17) is 11.5 Å². The number of imidazole rings is 1. The van der Waals surface area contributed by atoms with Gasteiger partial charge < -0.3 is 73.9 Å². The van der Waals surface area contributed by atoms with Gasteiger partial charge in [-0.1, -0.05) is 70.5 Å². The van der Waals surface area contributed by atoms with E-state index in [9.17, 15) is 73.4 Å². The third-order valence-electron chi connectivity index (χ3n) is 13.3. The van der Waals surface area contributed by atoms with Crippen LogP contribution in [0.25, 0.3) is 0 Å². The zero-order valence-electron chi connectivity index (χ0n) is 45.5. The molecular weight excluding hydrogens is 1060 g/mol. The number of hydrogen-bond acceptors (Lipinski definition) is 15. The van der Waals surface area contributed by atoms with Crippen LogP contribution in [0.5, 0.6) is 5.75 Å². The van der Waals surface area contributed by atoms with Gasteiger partial charge in [-0.15, -0.1) is 0 Å². The summed E-state index contributed by atoms with van der Waals surface area (Å²) < 4.78 is 0. The van der Waals surface area contributed by atoms with Gasteiger partial charge in [-0.3, -0.25) is 58.3 Å². The minimum atomic E-state index is -1.69. The molecule has 0 radical (unpaired) electrons. The van der Waals surface area contributed by atoms with E-state index in [0.717, 1.165) is 19.1 Å². The second-order valence-electron chi connectivity index (χ2n) is 19.9. The maximum atomic E-state index is 14.7. The zero-order valence-corrected chi connectivity index (χ0v) is 45.5. The van der Waals surface area contributed by atoms with Crippen LogP contribution in [0.1, 0.15) is 90.0 Å². The minimum absolute atomic E-state index is 0.0203. The standard InChI is InChI=1S/C52H72N14O15/c1-6-28(4)43(49(76)61-36(23-32-25-55-26-57-32)50(77)65-19-11-15-38(65)47(74)62-37(51(78)79)20-30-12-8-7-9-13-30)64-46(73)34(21-31-16-17-40(68)39(22-31)66(80)81)60-48(75)42(27(2)3)63-44(71)33(14-10-18-56-52(53)54)59-45(72)35(24-41(69)70)58-29(5)67/h7-9,12-13,16-17,22,25-28,33-38,42-43,68H,6,10-11,14-15,18-21,23-24H2,1-5H3,(H,55,57)(H,58,67)(H,59,72)(H,60,75)(H,61,76)(H,62,74)(H,63,71)(H,64,73)(H,69,70)(H,78,79)(H4,53,54,56)/t28-,33-,34-,35-,36-,37-,38-,42-,43-/m0/s1/i5+1,29+1. The summed E-state index contributed by atoms with van der Waals surface area (Å²) in [6.45, 7) is 7.52. The number of phenolic OH excluding ortho intramolecular Hbond substituents is 1. The second kappa shape index (κ2) is 30.8. The lowest BCUT2D eigenvalue weighted by molar-refractivity contribution is -0.385. The Hall–Kier alpha value is -9.18. The SMILES string of the molecule is CC[C@H](C)[C@H](NC(=O)[C@H](Cc1ccc(O)c([N+](=O)[O-])c1)NC(=O)[C@@H](NC(=O)[C@H](CCCN=C(N)N)NC(=O)[C@H](CC(=O)O)N[13C]([13CH3])=O)C(C)C)C(=O)N[C@@H](Cc1cnc[nH]1)C(=O)N1CCC[C@H]1C(=O)N[C@@H](Cc1ccccc1)C(=O)O. The summed E-state index contributed by atoms with van der Waals surface area (Å²) >= 11 is 0. The molecule has 29 nitrogen and oxygen atoms in total. The molecule has 1 saturated heterocycles. The number of aliphatic imine (C=N–C) groups is 1. The van der Waals surface area contributed by atoms with Crippen LogP contribution in [0, 0.1) is 22.0 Å². The van der Waals surface area contributed by atoms with Gasteiger partial charge in [0, 0.05) is 57.2 Å². The molecule has 3 aromatic rings. The van der Waals surface area contributed by atoms with Gasteiger partial charge in [0.25, 0.3) is 0 Å². The summed E-state index contributed by atoms with van der Waals surface area (Å²) in [6.07, 6.45) is 1.90. The third kappa shape index (κ3) is 19.9. The fourth-order valence-corrected chi connectivity index (χ4v) is 8.87. The summed E-state index contributed by atoms with van der Waals surface area (Å²) in [6, 6.07) is 0.286. The van der Waals surface area contributed by atoms with Gasteiger partial charge >= 0.3 is 17.6 Å². The van der Waals surface area contributed by atoms with Crippen molar-refractivity contribution in [3.63, 3.8) is 0 Å². The lowest BCUT2D eigenvalue weighted by Crippen LogP contribution is -2.62. The van der Waals surface area contributed by atoms with Crippen molar-refractivity contribution in [1.29, 1.82) is 0 Å². The molecule has 1 aliphatic heterocycles. The fourth-order valence-electron chi connectivity index (χ4n) is 8.87. The summed E-state index contributed by atoms with van der Waals surface area (Å²) in [5, 5.41) is 59.3. The van der Waals surface area contributed by atoms with E-state index < -0.39 is 149 Å². The van der Waals surface area contributed by atoms with Crippen molar-refractivity contribution in [3.05, 3.63) is 88.0 Å². The Morgan fingerprint density at radius 2 is 1.40 bits per heavy atom. The molecule has 0 spiro atoms. The van der Waals surface area contributed by atoms with Gasteiger partial charge in [0.2, 0.25) is 47.3 Å². The van der Waals surface area contributed by atoms with E-state index in [0.29, 0.717) is 17.7 Å². The Kier molecular flexibility index (Phi) is 24.5. The molecule has 0 saturated carbocycles. The maximum Gasteiger partial charge on any atom is 0.326 e. The van der Waals surface area contributed by atoms with E-state index in [1.54, 1.807) is 44.2 Å². The Bertz CT molecular complexity index is 2740. The molecule has 81 heavy (non-hydrogen) atoms. The summed E-state index contributed by atoms with van der Waals surface area (Å²) in [5.41, 5.74) is 11.2. The Morgan fingerprint density at radius 3 is 1.99 bits per heavy atom. The van der Waals surface area contributed by atoms with Crippen molar-refractivity contribution < 1.29 is 68.2 Å². The molecule has 15 N–H and O–H groups in total. The number of carboxylic acid groups (broad SMARTS) is 2. The number of rotatable bonds is 31. The number of phenols is 1. The van der Waals surface area contributed by atoms with Crippen LogP contribution in [-0.2, 0) is 67.2 Å². The third-order valence-corrected chi connectivity index (χ3v) is 13.3. The minimum Gasteiger partial charge on any atom is -0.502 e. The number of nitrogens with two attached hydrogens (primary N) is 2. The van der Waals surface area contributed by atoms with Gasteiger partial charge in [0.05, 0.1) is 17.7 Å². The number of carbonyl (C=O) groups is 10. The number of aromatic nitrogens is 2. The van der Waals surface area contributed by atoms with Crippen LogP contribution >= 0.6 is 0 Å². The number of aliphatic carboxylic acids is 2. The molecule has 0 unspecified atom stereocenters. The number of nitro benzene ring substituents is 1. The van der Waals surface area contributed by atoms with Crippen LogP contribution in [0.15, 0.2) is 66.0 Å². The molecule has 2 aromatic carbocycles. The summed E-state index contributed by atoms with van der Waals surface area (Å²) in [5.74, 6) is -12.2. The fraction of sp³-hybridized carbons (Fsp3) is 0.500. The lowest BCUT2D eigenvalue weighted by Gasteiger charge is -2.32. The number of benzene rings is 2. The topological polar surface area (TPSA) is 455 Å². The molecule has 29 heteroatoms. The maximum absolute atomic E-state index is 14.7. The highest BCUT2D eigenvalue weighted by Gasteiger charge is 2.41. The summed E-state index contributed by atoms with van der Waals surface area (Å²) in [4.78, 5) is 158. The lowest BCUT2D eigenvalue weighted by atomic mass is 9.96. The number of carbonyl (C=O) groups excluding carboxylic acids is 8. The van der Waals surface area contributed by atoms with Gasteiger partial charge in [-0.05, 0) is 54.7 Å². The zero-order chi connectivity index (χ0) is 60.1. The van der Waals surface area contributed by atoms with Crippen LogP contribution in [0.2, 0.25) is 0 Å². The van der Waals surface area contributed by atoms with Gasteiger partial charge in [0.1, 0.15) is 48.3 Å². The molecule has 8 amide bonds. The molecule has 2 heterocycles. The largest absolute Gasteiger partial charge is 0.502 e. The first-order chi connectivity index (χ1) is 38.3. The predicted octanol–water partition coefficient (Wildman–Crippen LogP) is -1.23. The number of amides is 8. The number of nitrogens with one attached hydrogen (secondary N) is 8. The van der Waals surface area contributed by atoms with Crippen molar-refractivity contribution in [2.45, 2.75) is 141 Å². The highest BCUT2D eigenvalue weighted by Crippen LogP contribution is 2.27. The number of nitro groups is 1. The Balaban J connectivity index is 1.66. The van der Waals surface area contributed by atoms with Crippen molar-refractivity contribution in [2.75, 3.05) is 13.1 Å². The number of carboxylic acids is 2. The quantitative estimate of drug-likeness (QED) is 0.00896. The average molecular weight is 1140 g/mol. The number of likely N-dealkylation sites (tertiary alicyclic amines) is 1. The van der Waals surface area contributed by atoms with Crippen molar-refractivity contribution in [2.24, 2.45) is 28.3 Å². The van der Waals surface area contributed by atoms with E-state index in [-0.39, 0.29) is 63.1 Å². The first kappa shape index (κ1) is 64.3. The number of guanidine groups is 1. The Labute approximate surface area is 465 Å². The van der Waals surface area contributed by atoms with Crippen molar-refractivity contribution in [3.8, 4) is 5.75 Å². The summed E-state index contributed by atoms with van der Waals surface area (Å²) in [7, 11) is 0. The highest BCUT2D eigenvalue weighted by molar-refractivity contribution is 5.98. The molecule has 440 valence electrons. The molecule has 1 aromatic heterocycles. The van der Waals surface area contributed by atoms with Gasteiger partial charge in [-0.25, -0.2) is 9.78 Å². The van der Waals surface area contributed by atoms with Crippen LogP contribution in [0.3, 0.4) is 0 Å². The van der Waals surface area contributed by atoms with E-state index in [1.165, 1.54) is 37.3 Å². The van der Waals surface area contributed by atoms with Crippen molar-refractivity contribution >= 4 is 70.8 Å². The van der Waals surface area contributed by atoms with E-state index >= 15 is 0 Å². The molecule has 1 fully saturated rings. The van der Waals surface area contributed by atoms with Crippen LogP contribution in [0.4, 0.5) is 5.69 Å². The van der Waals surface area contributed by atoms with Crippen LogP contribution < -0.4 is 48.7 Å².